The molecule has 0 saturated heterocycles. The van der Waals surface area contributed by atoms with Gasteiger partial charge in [0.15, 0.2) is 5.60 Å². The molecule has 0 aromatic heterocycles. The van der Waals surface area contributed by atoms with Crippen molar-refractivity contribution in [3.8, 4) is 0 Å². The van der Waals surface area contributed by atoms with Crippen molar-refractivity contribution in [3.63, 3.8) is 0 Å². The number of ether oxygens (including phenoxy) is 1. The molecule has 7 heteroatoms. The summed E-state index contributed by atoms with van der Waals surface area (Å²) in [6, 6.07) is 0. The zero-order valence-corrected chi connectivity index (χ0v) is 13.7. The van der Waals surface area contributed by atoms with Crippen molar-refractivity contribution in [2.45, 2.75) is 64.6 Å². The minimum atomic E-state index is -2.64. The van der Waals surface area contributed by atoms with Crippen LogP contribution < -0.4 is 0 Å². The minimum Gasteiger partial charge on any atom is -0.481 e. The lowest BCUT2D eigenvalue weighted by Crippen LogP contribution is -2.45. The normalized spacial score (nSPS) is 33.9. The Morgan fingerprint density at radius 1 is 1.17 bits per heavy atom. The van der Waals surface area contributed by atoms with E-state index in [4.69, 9.17) is 14.9 Å². The van der Waals surface area contributed by atoms with Gasteiger partial charge in [-0.25, -0.2) is 4.79 Å². The molecule has 2 saturated carbocycles. The lowest BCUT2D eigenvalue weighted by Gasteiger charge is -2.38. The van der Waals surface area contributed by atoms with Gasteiger partial charge in [-0.2, -0.15) is 0 Å². The zero-order valence-electron chi connectivity index (χ0n) is 13.7. The Kier molecular flexibility index (Phi) is 4.22. The van der Waals surface area contributed by atoms with Crippen molar-refractivity contribution in [3.05, 3.63) is 0 Å². The fraction of sp³-hybridized carbons (Fsp3) is 0.812. The van der Waals surface area contributed by atoms with Crippen LogP contribution in [-0.4, -0.2) is 44.9 Å². The van der Waals surface area contributed by atoms with Gasteiger partial charge in [0.2, 0.25) is 0 Å². The van der Waals surface area contributed by atoms with E-state index in [1.54, 1.807) is 0 Å². The molecule has 0 radical (unpaired) electrons. The molecule has 0 amide bonds. The van der Waals surface area contributed by atoms with Crippen molar-refractivity contribution in [2.75, 3.05) is 0 Å². The first-order chi connectivity index (χ1) is 10.4. The highest BCUT2D eigenvalue weighted by Gasteiger charge is 2.63. The minimum absolute atomic E-state index is 0.0299. The molecule has 2 fully saturated rings. The lowest BCUT2D eigenvalue weighted by atomic mass is 9.70. The molecule has 3 N–H and O–H groups in total. The summed E-state index contributed by atoms with van der Waals surface area (Å²) in [5.41, 5.74) is -2.79. The Morgan fingerprint density at radius 3 is 2.17 bits per heavy atom. The van der Waals surface area contributed by atoms with Gasteiger partial charge in [-0.15, -0.1) is 0 Å². The fourth-order valence-corrected chi connectivity index (χ4v) is 4.21. The second kappa shape index (κ2) is 5.47. The van der Waals surface area contributed by atoms with Crippen molar-refractivity contribution < 1.29 is 34.4 Å². The smallest absolute Gasteiger partial charge is 0.336 e. The summed E-state index contributed by atoms with van der Waals surface area (Å²) in [7, 11) is 0. The van der Waals surface area contributed by atoms with Crippen LogP contribution in [0.4, 0.5) is 0 Å². The number of rotatable bonds is 6. The Labute approximate surface area is 134 Å². The second-order valence-corrected chi connectivity index (χ2v) is 7.67. The van der Waals surface area contributed by atoms with E-state index in [2.05, 4.69) is 20.8 Å². The van der Waals surface area contributed by atoms with Gasteiger partial charge in [0.25, 0.3) is 0 Å². The molecular formula is C16H24O7. The van der Waals surface area contributed by atoms with E-state index >= 15 is 0 Å². The van der Waals surface area contributed by atoms with E-state index in [9.17, 15) is 19.5 Å². The number of aliphatic hydroxyl groups is 1. The van der Waals surface area contributed by atoms with Crippen molar-refractivity contribution in [2.24, 2.45) is 16.7 Å². The average molecular weight is 328 g/mol. The number of carboxylic acid groups (broad SMARTS) is 2. The summed E-state index contributed by atoms with van der Waals surface area (Å²) in [5.74, 6) is -3.65. The van der Waals surface area contributed by atoms with Gasteiger partial charge in [-0.3, -0.25) is 9.59 Å². The molecule has 0 aromatic rings. The number of hydrogen-bond acceptors (Lipinski definition) is 5. The maximum atomic E-state index is 12.1. The molecule has 0 heterocycles. The fourth-order valence-electron chi connectivity index (χ4n) is 4.21. The van der Waals surface area contributed by atoms with Gasteiger partial charge in [0.05, 0.1) is 12.8 Å². The number of esters is 1. The number of carbonyl (C=O) groups excluding carboxylic acids is 1. The Balaban J connectivity index is 2.06. The van der Waals surface area contributed by atoms with Crippen LogP contribution in [0.2, 0.25) is 0 Å². The van der Waals surface area contributed by atoms with Crippen LogP contribution in [0.3, 0.4) is 0 Å². The Bertz CT molecular complexity index is 541. The lowest BCUT2D eigenvalue weighted by molar-refractivity contribution is -0.176. The molecular weight excluding hydrogens is 304 g/mol. The third-order valence-corrected chi connectivity index (χ3v) is 6.27. The molecule has 4 atom stereocenters. The molecule has 2 aliphatic rings. The van der Waals surface area contributed by atoms with E-state index in [-0.39, 0.29) is 16.9 Å². The number of fused-ring (bicyclic) bond motifs is 2. The molecule has 2 rings (SSSR count). The summed E-state index contributed by atoms with van der Waals surface area (Å²) in [4.78, 5) is 33.9. The topological polar surface area (TPSA) is 121 Å². The molecule has 0 unspecified atom stereocenters. The largest absolute Gasteiger partial charge is 0.481 e. The Morgan fingerprint density at radius 2 is 1.78 bits per heavy atom. The van der Waals surface area contributed by atoms with Gasteiger partial charge in [-0.05, 0) is 30.6 Å². The first kappa shape index (κ1) is 17.7. The predicted molar refractivity (Wildman–Crippen MR) is 78.6 cm³/mol. The van der Waals surface area contributed by atoms with E-state index in [0.29, 0.717) is 5.92 Å². The SMILES string of the molecule is CC1(C)[C@H]2CC[C@@]1(C)[C@@H](OC(=O)C[C@](O)(CC(=O)O)C(=O)O)C2. The van der Waals surface area contributed by atoms with Gasteiger partial charge >= 0.3 is 17.9 Å². The molecule has 2 aliphatic carbocycles. The van der Waals surface area contributed by atoms with Crippen LogP contribution in [0.5, 0.6) is 0 Å². The highest BCUT2D eigenvalue weighted by atomic mass is 16.5. The first-order valence-electron chi connectivity index (χ1n) is 7.79. The molecule has 2 bridgehead atoms. The third-order valence-electron chi connectivity index (χ3n) is 6.27. The number of carbonyl (C=O) groups is 3. The van der Waals surface area contributed by atoms with Crippen LogP contribution in [0.25, 0.3) is 0 Å². The monoisotopic (exact) mass is 328 g/mol. The Hall–Kier alpha value is -1.63. The quantitative estimate of drug-likeness (QED) is 0.630. The second-order valence-electron chi connectivity index (χ2n) is 7.67. The summed E-state index contributed by atoms with van der Waals surface area (Å²) < 4.78 is 5.46. The highest BCUT2D eigenvalue weighted by Crippen LogP contribution is 2.66. The number of carboxylic acids is 2. The van der Waals surface area contributed by atoms with E-state index in [0.717, 1.165) is 19.3 Å². The standard InChI is InChI=1S/C16H24O7/c1-14(2)9-4-5-15(14,3)10(6-9)23-12(19)8-16(22,13(20)21)7-11(17)18/h9-10,22H,4-8H2,1-3H3,(H,17,18)(H,20,21)/t9-,10-,15-,16+/m0/s1. The molecule has 23 heavy (non-hydrogen) atoms. The zero-order chi connectivity index (χ0) is 17.6. The van der Waals surface area contributed by atoms with Crippen molar-refractivity contribution >= 4 is 17.9 Å². The van der Waals surface area contributed by atoms with Gasteiger partial charge in [0, 0.05) is 5.41 Å². The molecule has 0 aromatic carbocycles. The van der Waals surface area contributed by atoms with Crippen LogP contribution in [0.15, 0.2) is 0 Å². The van der Waals surface area contributed by atoms with Crippen LogP contribution in [0.1, 0.15) is 52.9 Å². The predicted octanol–water partition coefficient (Wildman–Crippen LogP) is 1.42. The van der Waals surface area contributed by atoms with Crippen LogP contribution in [0, 0.1) is 16.7 Å². The maximum absolute atomic E-state index is 12.1. The molecule has 7 nitrogen and oxygen atoms in total. The molecule has 130 valence electrons. The highest BCUT2D eigenvalue weighted by molar-refractivity contribution is 5.88. The van der Waals surface area contributed by atoms with Crippen molar-refractivity contribution in [1.29, 1.82) is 0 Å². The first-order valence-corrected chi connectivity index (χ1v) is 7.79. The van der Waals surface area contributed by atoms with Gasteiger partial charge in [-0.1, -0.05) is 20.8 Å². The van der Waals surface area contributed by atoms with Crippen molar-refractivity contribution in [1.82, 2.24) is 0 Å². The number of aliphatic carboxylic acids is 2. The van der Waals surface area contributed by atoms with Crippen LogP contribution in [-0.2, 0) is 19.1 Å². The van der Waals surface area contributed by atoms with E-state index in [1.807, 2.05) is 0 Å². The van der Waals surface area contributed by atoms with Crippen LogP contribution >= 0.6 is 0 Å². The molecule has 0 aliphatic heterocycles. The van der Waals surface area contributed by atoms with Gasteiger partial charge < -0.3 is 20.1 Å². The average Bonchev–Trinajstić information content (AvgIpc) is 2.70. The summed E-state index contributed by atoms with van der Waals surface area (Å²) in [6.45, 7) is 6.37. The van der Waals surface area contributed by atoms with Gasteiger partial charge in [0.1, 0.15) is 6.10 Å². The number of hydrogen-bond donors (Lipinski definition) is 3. The third kappa shape index (κ3) is 2.82. The summed E-state index contributed by atoms with van der Waals surface area (Å²) in [5, 5.41) is 27.6. The molecule has 0 spiro atoms. The van der Waals surface area contributed by atoms with E-state index < -0.39 is 36.4 Å². The summed E-state index contributed by atoms with van der Waals surface area (Å²) >= 11 is 0. The van der Waals surface area contributed by atoms with E-state index in [1.165, 1.54) is 0 Å². The summed E-state index contributed by atoms with van der Waals surface area (Å²) in [6.07, 6.45) is 0.488. The maximum Gasteiger partial charge on any atom is 0.336 e.